The lowest BCUT2D eigenvalue weighted by Gasteiger charge is -2.29. The Hall–Kier alpha value is -1.36. The van der Waals surface area contributed by atoms with E-state index in [2.05, 4.69) is 5.32 Å². The maximum Gasteiger partial charge on any atom is 0.252 e. The van der Waals surface area contributed by atoms with Gasteiger partial charge >= 0.3 is 0 Å². The molecule has 2 aromatic rings. The van der Waals surface area contributed by atoms with Crippen LogP contribution in [-0.4, -0.2) is 19.6 Å². The van der Waals surface area contributed by atoms with Gasteiger partial charge in [-0.05, 0) is 36.1 Å². The van der Waals surface area contributed by atoms with Crippen LogP contribution in [0.4, 0.5) is 0 Å². The summed E-state index contributed by atoms with van der Waals surface area (Å²) in [6.07, 6.45) is 0. The molecule has 0 aliphatic rings. The van der Waals surface area contributed by atoms with Crippen molar-refractivity contribution in [2.24, 2.45) is 0 Å². The molecule has 106 valence electrons. The quantitative estimate of drug-likeness (QED) is 0.914. The molecule has 1 aromatic carbocycles. The molecule has 0 aliphatic heterocycles. The van der Waals surface area contributed by atoms with Crippen molar-refractivity contribution < 1.29 is 9.53 Å². The largest absolute Gasteiger partial charge is 0.372 e. The van der Waals surface area contributed by atoms with Gasteiger partial charge in [-0.2, -0.15) is 11.3 Å². The van der Waals surface area contributed by atoms with E-state index in [1.165, 1.54) is 11.3 Å². The highest BCUT2D eigenvalue weighted by Gasteiger charge is 2.27. The standard InChI is InChI=1S/C15H16ClNO2S/c1-15(19-2,12-4-3-5-13(16)8-12)10-17-14(18)11-6-7-20-9-11/h3-9H,10H2,1-2H3,(H,17,18). The molecule has 1 amide bonds. The molecule has 1 N–H and O–H groups in total. The molecule has 0 bridgehead atoms. The van der Waals surface area contributed by atoms with Crippen LogP contribution in [0.15, 0.2) is 41.1 Å². The smallest absolute Gasteiger partial charge is 0.252 e. The zero-order valence-corrected chi connectivity index (χ0v) is 12.9. The van der Waals surface area contributed by atoms with E-state index in [-0.39, 0.29) is 5.91 Å². The first-order valence-corrected chi connectivity index (χ1v) is 7.49. The third-order valence-corrected chi connectivity index (χ3v) is 4.17. The van der Waals surface area contributed by atoms with Gasteiger partial charge in [-0.25, -0.2) is 0 Å². The lowest BCUT2D eigenvalue weighted by molar-refractivity contribution is 0.00316. The highest BCUT2D eigenvalue weighted by atomic mass is 35.5. The number of benzene rings is 1. The van der Waals surface area contributed by atoms with Crippen LogP contribution in [0.3, 0.4) is 0 Å². The van der Waals surface area contributed by atoms with Crippen molar-refractivity contribution in [1.82, 2.24) is 5.32 Å². The maximum atomic E-state index is 12.0. The molecule has 20 heavy (non-hydrogen) atoms. The van der Waals surface area contributed by atoms with Gasteiger partial charge < -0.3 is 10.1 Å². The highest BCUT2D eigenvalue weighted by Crippen LogP contribution is 2.26. The van der Waals surface area contributed by atoms with Crippen LogP contribution in [0.1, 0.15) is 22.8 Å². The van der Waals surface area contributed by atoms with E-state index in [1.54, 1.807) is 13.2 Å². The minimum atomic E-state index is -0.615. The molecule has 0 saturated carbocycles. The molecule has 1 unspecified atom stereocenters. The Morgan fingerprint density at radius 1 is 1.45 bits per heavy atom. The summed E-state index contributed by atoms with van der Waals surface area (Å²) in [5.41, 5.74) is 0.981. The number of hydrogen-bond donors (Lipinski definition) is 1. The molecule has 2 rings (SSSR count). The van der Waals surface area contributed by atoms with Crippen LogP contribution in [0, 0.1) is 0 Å². The molecule has 3 nitrogen and oxygen atoms in total. The predicted octanol–water partition coefficient (Wildman–Crippen LogP) is 3.69. The molecular weight excluding hydrogens is 294 g/mol. The van der Waals surface area contributed by atoms with Gasteiger partial charge in [-0.1, -0.05) is 23.7 Å². The number of carbonyl (C=O) groups excluding carboxylic acids is 1. The fourth-order valence-corrected chi connectivity index (χ4v) is 2.68. The summed E-state index contributed by atoms with van der Waals surface area (Å²) in [6, 6.07) is 9.26. The molecule has 1 heterocycles. The Morgan fingerprint density at radius 3 is 2.85 bits per heavy atom. The van der Waals surface area contributed by atoms with E-state index in [0.717, 1.165) is 5.56 Å². The molecule has 0 spiro atoms. The number of carbonyl (C=O) groups is 1. The van der Waals surface area contributed by atoms with Gasteiger partial charge in [-0.3, -0.25) is 4.79 Å². The van der Waals surface area contributed by atoms with Gasteiger partial charge in [0.25, 0.3) is 5.91 Å². The van der Waals surface area contributed by atoms with Gasteiger partial charge in [0.15, 0.2) is 0 Å². The van der Waals surface area contributed by atoms with Gasteiger partial charge in [0.05, 0.1) is 6.54 Å². The zero-order valence-electron chi connectivity index (χ0n) is 11.4. The third-order valence-electron chi connectivity index (χ3n) is 3.26. The predicted molar refractivity (Wildman–Crippen MR) is 82.5 cm³/mol. The van der Waals surface area contributed by atoms with Gasteiger partial charge in [0.2, 0.25) is 0 Å². The minimum Gasteiger partial charge on any atom is -0.372 e. The number of rotatable bonds is 5. The fraction of sp³-hybridized carbons (Fsp3) is 0.267. The maximum absolute atomic E-state index is 12.0. The number of thiophene rings is 1. The monoisotopic (exact) mass is 309 g/mol. The Kier molecular flexibility index (Phi) is 4.81. The summed E-state index contributed by atoms with van der Waals surface area (Å²) < 4.78 is 5.58. The highest BCUT2D eigenvalue weighted by molar-refractivity contribution is 7.08. The SMILES string of the molecule is COC(C)(CNC(=O)c1ccsc1)c1cccc(Cl)c1. The summed E-state index contributed by atoms with van der Waals surface area (Å²) in [4.78, 5) is 12.0. The van der Waals surface area contributed by atoms with E-state index >= 15 is 0 Å². The van der Waals surface area contributed by atoms with Crippen LogP contribution in [0.25, 0.3) is 0 Å². The van der Waals surface area contributed by atoms with E-state index < -0.39 is 5.60 Å². The molecule has 1 aromatic heterocycles. The van der Waals surface area contributed by atoms with E-state index in [0.29, 0.717) is 17.1 Å². The minimum absolute atomic E-state index is 0.100. The number of methoxy groups -OCH3 is 1. The normalized spacial score (nSPS) is 13.8. The Balaban J connectivity index is 2.10. The second-order valence-corrected chi connectivity index (χ2v) is 5.86. The van der Waals surface area contributed by atoms with Gasteiger partial charge in [0, 0.05) is 23.1 Å². The lowest BCUT2D eigenvalue weighted by atomic mass is 9.95. The van der Waals surface area contributed by atoms with Gasteiger partial charge in [-0.15, -0.1) is 0 Å². The van der Waals surface area contributed by atoms with Crippen LogP contribution >= 0.6 is 22.9 Å². The van der Waals surface area contributed by atoms with Crippen LogP contribution in [-0.2, 0) is 10.3 Å². The summed E-state index contributed by atoms with van der Waals surface area (Å²) >= 11 is 7.51. The fourth-order valence-electron chi connectivity index (χ4n) is 1.85. The van der Waals surface area contributed by atoms with Crippen molar-refractivity contribution in [3.05, 3.63) is 57.2 Å². The van der Waals surface area contributed by atoms with Crippen LogP contribution in [0.2, 0.25) is 5.02 Å². The van der Waals surface area contributed by atoms with Crippen molar-refractivity contribution in [1.29, 1.82) is 0 Å². The molecule has 0 saturated heterocycles. The summed E-state index contributed by atoms with van der Waals surface area (Å²) in [5.74, 6) is -0.100. The Bertz CT molecular complexity index is 585. The van der Waals surface area contributed by atoms with Crippen molar-refractivity contribution in [3.63, 3.8) is 0 Å². The first-order chi connectivity index (χ1) is 9.55. The van der Waals surface area contributed by atoms with E-state index in [4.69, 9.17) is 16.3 Å². The molecule has 0 radical (unpaired) electrons. The number of ether oxygens (including phenoxy) is 1. The molecule has 1 atom stereocenters. The second-order valence-electron chi connectivity index (χ2n) is 4.64. The molecular formula is C15H16ClNO2S. The van der Waals surface area contributed by atoms with Crippen LogP contribution < -0.4 is 5.32 Å². The van der Waals surface area contributed by atoms with Gasteiger partial charge in [0.1, 0.15) is 5.60 Å². The summed E-state index contributed by atoms with van der Waals surface area (Å²) in [6.45, 7) is 2.30. The second kappa shape index (κ2) is 6.39. The molecule has 5 heteroatoms. The number of nitrogens with one attached hydrogen (secondary N) is 1. The van der Waals surface area contributed by atoms with Crippen molar-refractivity contribution in [2.75, 3.05) is 13.7 Å². The summed E-state index contributed by atoms with van der Waals surface area (Å²) in [5, 5.41) is 7.24. The number of halogens is 1. The average Bonchev–Trinajstić information content (AvgIpc) is 2.98. The molecule has 0 aliphatic carbocycles. The van der Waals surface area contributed by atoms with E-state index in [1.807, 2.05) is 41.9 Å². The molecule has 0 fully saturated rings. The van der Waals surface area contributed by atoms with Crippen molar-refractivity contribution in [2.45, 2.75) is 12.5 Å². The lowest BCUT2D eigenvalue weighted by Crippen LogP contribution is -2.40. The van der Waals surface area contributed by atoms with Crippen molar-refractivity contribution >= 4 is 28.8 Å². The van der Waals surface area contributed by atoms with Crippen molar-refractivity contribution in [3.8, 4) is 0 Å². The number of hydrogen-bond acceptors (Lipinski definition) is 3. The summed E-state index contributed by atoms with van der Waals surface area (Å²) in [7, 11) is 1.62. The Morgan fingerprint density at radius 2 is 2.25 bits per heavy atom. The Labute approximate surface area is 127 Å². The zero-order chi connectivity index (χ0) is 14.6. The first-order valence-electron chi connectivity index (χ1n) is 6.17. The average molecular weight is 310 g/mol. The topological polar surface area (TPSA) is 38.3 Å². The van der Waals surface area contributed by atoms with E-state index in [9.17, 15) is 4.79 Å². The number of amides is 1. The van der Waals surface area contributed by atoms with Crippen LogP contribution in [0.5, 0.6) is 0 Å². The first kappa shape index (κ1) is 15.0. The third kappa shape index (κ3) is 3.39.